The molecule has 1 fully saturated rings. The number of methoxy groups -OCH3 is 1. The third-order valence-electron chi connectivity index (χ3n) is 5.08. The van der Waals surface area contributed by atoms with Crippen LogP contribution in [0.25, 0.3) is 10.9 Å². The standard InChI is InChI=1S/C23H24BrNO4/c1-3-28-23(26)22-21(24)20-16(9-15-5-4-6-17(10-15)27-2)11-18(12-19(20)25-22)29-13-14-7-8-14/h4-6,10-12,14,25H,3,7-9,13H2,1-2H3. The van der Waals surface area contributed by atoms with Crippen molar-refractivity contribution in [1.29, 1.82) is 0 Å². The van der Waals surface area contributed by atoms with Gasteiger partial charge in [-0.2, -0.15) is 0 Å². The predicted octanol–water partition coefficient (Wildman–Crippen LogP) is 5.50. The lowest BCUT2D eigenvalue weighted by Crippen LogP contribution is -2.05. The monoisotopic (exact) mass is 457 g/mol. The first-order chi connectivity index (χ1) is 14.1. The Kier molecular flexibility index (Phi) is 5.81. The third kappa shape index (κ3) is 4.42. The molecule has 1 aromatic heterocycles. The summed E-state index contributed by atoms with van der Waals surface area (Å²) >= 11 is 3.61. The first-order valence-corrected chi connectivity index (χ1v) is 10.6. The number of hydrogen-bond acceptors (Lipinski definition) is 4. The Morgan fingerprint density at radius 1 is 1.21 bits per heavy atom. The molecule has 1 N–H and O–H groups in total. The van der Waals surface area contributed by atoms with E-state index in [4.69, 9.17) is 14.2 Å². The summed E-state index contributed by atoms with van der Waals surface area (Å²) in [6, 6.07) is 12.0. The summed E-state index contributed by atoms with van der Waals surface area (Å²) in [5.41, 5.74) is 3.47. The van der Waals surface area contributed by atoms with Crippen molar-refractivity contribution in [2.24, 2.45) is 5.92 Å². The number of aromatic amines is 1. The van der Waals surface area contributed by atoms with Crippen molar-refractivity contribution in [1.82, 2.24) is 4.98 Å². The first kappa shape index (κ1) is 19.8. The van der Waals surface area contributed by atoms with Crippen molar-refractivity contribution in [3.8, 4) is 11.5 Å². The van der Waals surface area contributed by atoms with E-state index in [2.05, 4.69) is 33.0 Å². The number of hydrogen-bond donors (Lipinski definition) is 1. The SMILES string of the molecule is CCOC(=O)c1[nH]c2cc(OCC3CC3)cc(Cc3cccc(OC)c3)c2c1Br. The average molecular weight is 458 g/mol. The largest absolute Gasteiger partial charge is 0.497 e. The number of halogens is 1. The van der Waals surface area contributed by atoms with Gasteiger partial charge >= 0.3 is 5.97 Å². The number of benzene rings is 2. The maximum absolute atomic E-state index is 12.4. The van der Waals surface area contributed by atoms with Crippen molar-refractivity contribution in [2.45, 2.75) is 26.2 Å². The number of carbonyl (C=O) groups excluding carboxylic acids is 1. The van der Waals surface area contributed by atoms with Crippen LogP contribution >= 0.6 is 15.9 Å². The Morgan fingerprint density at radius 3 is 2.76 bits per heavy atom. The summed E-state index contributed by atoms with van der Waals surface area (Å²) in [6.07, 6.45) is 3.16. The van der Waals surface area contributed by atoms with Gasteiger partial charge in [0.15, 0.2) is 0 Å². The van der Waals surface area contributed by atoms with Crippen LogP contribution in [-0.2, 0) is 11.2 Å². The van der Waals surface area contributed by atoms with E-state index in [9.17, 15) is 4.79 Å². The van der Waals surface area contributed by atoms with Gasteiger partial charge in [0.25, 0.3) is 0 Å². The van der Waals surface area contributed by atoms with Gasteiger partial charge < -0.3 is 19.2 Å². The fourth-order valence-corrected chi connectivity index (χ4v) is 4.14. The Labute approximate surface area is 178 Å². The van der Waals surface area contributed by atoms with E-state index < -0.39 is 0 Å². The van der Waals surface area contributed by atoms with Crippen molar-refractivity contribution in [3.63, 3.8) is 0 Å². The van der Waals surface area contributed by atoms with Crippen molar-refractivity contribution < 1.29 is 19.0 Å². The number of nitrogens with one attached hydrogen (secondary N) is 1. The van der Waals surface area contributed by atoms with Crippen molar-refractivity contribution >= 4 is 32.8 Å². The van der Waals surface area contributed by atoms with Crippen LogP contribution in [0.15, 0.2) is 40.9 Å². The number of esters is 1. The fraction of sp³-hybridized carbons (Fsp3) is 0.348. The van der Waals surface area contributed by atoms with Gasteiger partial charge in [-0.1, -0.05) is 12.1 Å². The highest BCUT2D eigenvalue weighted by Crippen LogP contribution is 2.37. The molecule has 0 radical (unpaired) electrons. The molecule has 1 heterocycles. The van der Waals surface area contributed by atoms with Gasteiger partial charge in [0.05, 0.1) is 30.3 Å². The number of rotatable bonds is 8. The summed E-state index contributed by atoms with van der Waals surface area (Å²) in [5, 5.41) is 0.967. The van der Waals surface area contributed by atoms with Crippen molar-refractivity contribution in [3.05, 3.63) is 57.7 Å². The lowest BCUT2D eigenvalue weighted by Gasteiger charge is -2.11. The molecule has 0 spiro atoms. The fourth-order valence-electron chi connectivity index (χ4n) is 3.41. The van der Waals surface area contributed by atoms with E-state index in [1.54, 1.807) is 14.0 Å². The van der Waals surface area contributed by atoms with E-state index in [1.165, 1.54) is 12.8 Å². The molecule has 0 atom stereocenters. The van der Waals surface area contributed by atoms with Gasteiger partial charge in [-0.15, -0.1) is 0 Å². The molecule has 3 aromatic rings. The van der Waals surface area contributed by atoms with Gasteiger partial charge in [0.2, 0.25) is 0 Å². The van der Waals surface area contributed by atoms with E-state index in [0.29, 0.717) is 24.6 Å². The molecule has 6 heteroatoms. The van der Waals surface area contributed by atoms with Crippen LogP contribution in [0.2, 0.25) is 0 Å². The molecule has 1 aliphatic carbocycles. The highest BCUT2D eigenvalue weighted by molar-refractivity contribution is 9.10. The van der Waals surface area contributed by atoms with Crippen LogP contribution in [-0.4, -0.2) is 31.3 Å². The zero-order valence-electron chi connectivity index (χ0n) is 16.6. The second-order valence-electron chi connectivity index (χ2n) is 7.32. The maximum Gasteiger partial charge on any atom is 0.355 e. The predicted molar refractivity (Wildman–Crippen MR) is 116 cm³/mol. The normalized spacial score (nSPS) is 13.5. The second-order valence-corrected chi connectivity index (χ2v) is 8.12. The van der Waals surface area contributed by atoms with Gasteiger partial charge in [0, 0.05) is 11.5 Å². The molecular formula is C23H24BrNO4. The van der Waals surface area contributed by atoms with Gasteiger partial charge in [-0.05, 0) is 77.4 Å². The number of aromatic nitrogens is 1. The zero-order chi connectivity index (χ0) is 20.4. The Balaban J connectivity index is 1.76. The second kappa shape index (κ2) is 8.49. The summed E-state index contributed by atoms with van der Waals surface area (Å²) in [6.45, 7) is 2.86. The first-order valence-electron chi connectivity index (χ1n) is 9.86. The summed E-state index contributed by atoms with van der Waals surface area (Å²) < 4.78 is 17.3. The third-order valence-corrected chi connectivity index (χ3v) is 5.88. The van der Waals surface area contributed by atoms with E-state index in [1.807, 2.05) is 24.3 Å². The molecule has 4 rings (SSSR count). The minimum atomic E-state index is -0.372. The van der Waals surface area contributed by atoms with Crippen LogP contribution < -0.4 is 9.47 Å². The van der Waals surface area contributed by atoms with Crippen LogP contribution in [0.3, 0.4) is 0 Å². The quantitative estimate of drug-likeness (QED) is 0.453. The molecule has 29 heavy (non-hydrogen) atoms. The Hall–Kier alpha value is -2.47. The molecule has 0 aliphatic heterocycles. The molecule has 2 aromatic carbocycles. The van der Waals surface area contributed by atoms with E-state index in [0.717, 1.165) is 44.6 Å². The van der Waals surface area contributed by atoms with Gasteiger partial charge in [-0.3, -0.25) is 0 Å². The molecular weight excluding hydrogens is 434 g/mol. The van der Waals surface area contributed by atoms with Gasteiger partial charge in [-0.25, -0.2) is 4.79 Å². The van der Waals surface area contributed by atoms with E-state index >= 15 is 0 Å². The molecule has 0 saturated heterocycles. The molecule has 152 valence electrons. The van der Waals surface area contributed by atoms with Crippen LogP contribution in [0.4, 0.5) is 0 Å². The summed E-state index contributed by atoms with van der Waals surface area (Å²) in [7, 11) is 1.66. The minimum absolute atomic E-state index is 0.326. The molecule has 1 saturated carbocycles. The molecule has 1 aliphatic rings. The highest BCUT2D eigenvalue weighted by atomic mass is 79.9. The van der Waals surface area contributed by atoms with Crippen LogP contribution in [0.5, 0.6) is 11.5 Å². The number of H-pyrrole nitrogens is 1. The lowest BCUT2D eigenvalue weighted by atomic mass is 10.0. The van der Waals surface area contributed by atoms with Crippen LogP contribution in [0.1, 0.15) is 41.4 Å². The summed E-state index contributed by atoms with van der Waals surface area (Å²) in [5.74, 6) is 1.92. The number of fused-ring (bicyclic) bond motifs is 1. The highest BCUT2D eigenvalue weighted by Gasteiger charge is 2.23. The van der Waals surface area contributed by atoms with Gasteiger partial charge in [0.1, 0.15) is 17.2 Å². The Morgan fingerprint density at radius 2 is 2.03 bits per heavy atom. The number of ether oxygens (including phenoxy) is 3. The topological polar surface area (TPSA) is 60.6 Å². The smallest absolute Gasteiger partial charge is 0.355 e. The molecule has 5 nitrogen and oxygen atoms in total. The average Bonchev–Trinajstić information content (AvgIpc) is 3.49. The van der Waals surface area contributed by atoms with E-state index in [-0.39, 0.29) is 5.97 Å². The zero-order valence-corrected chi connectivity index (χ0v) is 18.2. The number of carbonyl (C=O) groups is 1. The van der Waals surface area contributed by atoms with Crippen LogP contribution in [0, 0.1) is 5.92 Å². The summed E-state index contributed by atoms with van der Waals surface area (Å²) in [4.78, 5) is 15.6. The minimum Gasteiger partial charge on any atom is -0.497 e. The molecule has 0 bridgehead atoms. The van der Waals surface area contributed by atoms with Crippen molar-refractivity contribution in [2.75, 3.05) is 20.3 Å². The Bertz CT molecular complexity index is 1040. The maximum atomic E-state index is 12.4. The molecule has 0 amide bonds. The molecule has 0 unspecified atom stereocenters. The lowest BCUT2D eigenvalue weighted by molar-refractivity contribution is 0.0519.